The van der Waals surface area contributed by atoms with Gasteiger partial charge < -0.3 is 5.32 Å². The number of rotatable bonds is 6. The van der Waals surface area contributed by atoms with Crippen molar-refractivity contribution in [3.05, 3.63) is 0 Å². The van der Waals surface area contributed by atoms with Gasteiger partial charge in [-0.25, -0.2) is 0 Å². The Labute approximate surface area is 108 Å². The van der Waals surface area contributed by atoms with Gasteiger partial charge >= 0.3 is 0 Å². The Morgan fingerprint density at radius 3 is 2.24 bits per heavy atom. The third kappa shape index (κ3) is 4.59. The van der Waals surface area contributed by atoms with Crippen LogP contribution in [-0.2, 0) is 0 Å². The molecule has 1 aliphatic heterocycles. The van der Waals surface area contributed by atoms with Crippen LogP contribution >= 0.6 is 0 Å². The van der Waals surface area contributed by atoms with Crippen LogP contribution in [0.5, 0.6) is 0 Å². The van der Waals surface area contributed by atoms with Crippen LogP contribution in [0.15, 0.2) is 0 Å². The van der Waals surface area contributed by atoms with Gasteiger partial charge in [-0.15, -0.1) is 0 Å². The zero-order valence-corrected chi connectivity index (χ0v) is 12.5. The number of nitrogens with zero attached hydrogens (tertiary/aromatic N) is 1. The fourth-order valence-electron chi connectivity index (χ4n) is 3.28. The Kier molecular flexibility index (Phi) is 6.50. The molecule has 1 rings (SSSR count). The van der Waals surface area contributed by atoms with Crippen molar-refractivity contribution in [2.75, 3.05) is 19.6 Å². The molecule has 4 atom stereocenters. The number of piperidine rings is 1. The maximum atomic E-state index is 3.70. The minimum Gasteiger partial charge on any atom is -0.312 e. The largest absolute Gasteiger partial charge is 0.312 e. The van der Waals surface area contributed by atoms with Crippen molar-refractivity contribution in [2.45, 2.75) is 66.0 Å². The Bertz CT molecular complexity index is 195. The summed E-state index contributed by atoms with van der Waals surface area (Å²) < 4.78 is 0. The molecule has 1 saturated heterocycles. The van der Waals surface area contributed by atoms with E-state index in [0.717, 1.165) is 18.4 Å². The minimum absolute atomic E-state index is 0.660. The minimum atomic E-state index is 0.660. The highest BCUT2D eigenvalue weighted by molar-refractivity contribution is 4.85. The molecular weight excluding hydrogens is 208 g/mol. The highest BCUT2D eigenvalue weighted by atomic mass is 15.2. The van der Waals surface area contributed by atoms with Crippen molar-refractivity contribution >= 4 is 0 Å². The van der Waals surface area contributed by atoms with Gasteiger partial charge in [0.15, 0.2) is 0 Å². The van der Waals surface area contributed by atoms with Crippen LogP contribution in [-0.4, -0.2) is 36.6 Å². The predicted molar refractivity (Wildman–Crippen MR) is 76.4 cm³/mol. The molecule has 0 amide bonds. The van der Waals surface area contributed by atoms with E-state index in [-0.39, 0.29) is 0 Å². The maximum Gasteiger partial charge on any atom is 0.0221 e. The van der Waals surface area contributed by atoms with Crippen molar-refractivity contribution in [3.8, 4) is 0 Å². The van der Waals surface area contributed by atoms with Crippen LogP contribution in [0.2, 0.25) is 0 Å². The number of hydrogen-bond donors (Lipinski definition) is 1. The zero-order valence-electron chi connectivity index (χ0n) is 12.5. The van der Waals surface area contributed by atoms with E-state index in [4.69, 9.17) is 0 Å². The fourth-order valence-corrected chi connectivity index (χ4v) is 3.28. The van der Waals surface area contributed by atoms with Gasteiger partial charge in [0.05, 0.1) is 0 Å². The molecule has 0 aromatic rings. The summed E-state index contributed by atoms with van der Waals surface area (Å²) >= 11 is 0. The summed E-state index contributed by atoms with van der Waals surface area (Å²) in [6, 6.07) is 1.34. The van der Waals surface area contributed by atoms with Crippen LogP contribution in [0.4, 0.5) is 0 Å². The molecule has 0 radical (unpaired) electrons. The first kappa shape index (κ1) is 15.0. The molecule has 2 nitrogen and oxygen atoms in total. The summed E-state index contributed by atoms with van der Waals surface area (Å²) in [5, 5.41) is 3.70. The molecule has 2 heteroatoms. The highest BCUT2D eigenvalue weighted by Gasteiger charge is 2.28. The lowest BCUT2D eigenvalue weighted by molar-refractivity contribution is 0.0825. The van der Waals surface area contributed by atoms with Crippen molar-refractivity contribution in [1.82, 2.24) is 10.2 Å². The molecule has 0 aromatic heterocycles. The summed E-state index contributed by atoms with van der Waals surface area (Å²) in [6.45, 7) is 15.5. The second kappa shape index (κ2) is 7.38. The molecule has 0 spiro atoms. The standard InChI is InChI=1S/C15H32N2/c1-6-8-16-15(7-2)14(5)17-10-12(3)9-13(4)11-17/h12-16H,6-11H2,1-5H3. The lowest BCUT2D eigenvalue weighted by Crippen LogP contribution is -2.52. The smallest absolute Gasteiger partial charge is 0.0221 e. The Morgan fingerprint density at radius 1 is 1.18 bits per heavy atom. The van der Waals surface area contributed by atoms with Crippen LogP contribution < -0.4 is 5.32 Å². The molecule has 102 valence electrons. The van der Waals surface area contributed by atoms with Gasteiger partial charge in [-0.2, -0.15) is 0 Å². The van der Waals surface area contributed by atoms with Crippen molar-refractivity contribution in [3.63, 3.8) is 0 Å². The quantitative estimate of drug-likeness (QED) is 0.767. The Balaban J connectivity index is 2.50. The Morgan fingerprint density at radius 2 is 1.76 bits per heavy atom. The molecule has 0 aromatic carbocycles. The molecule has 0 bridgehead atoms. The zero-order chi connectivity index (χ0) is 12.8. The first-order valence-electron chi connectivity index (χ1n) is 7.55. The number of nitrogens with one attached hydrogen (secondary N) is 1. The van der Waals surface area contributed by atoms with Crippen LogP contribution in [0.3, 0.4) is 0 Å². The Hall–Kier alpha value is -0.0800. The lowest BCUT2D eigenvalue weighted by atomic mass is 9.90. The summed E-state index contributed by atoms with van der Waals surface area (Å²) in [5.41, 5.74) is 0. The third-order valence-electron chi connectivity index (χ3n) is 4.15. The molecular formula is C15H32N2. The second-order valence-electron chi connectivity index (χ2n) is 6.11. The highest BCUT2D eigenvalue weighted by Crippen LogP contribution is 2.23. The summed E-state index contributed by atoms with van der Waals surface area (Å²) in [6.07, 6.45) is 3.87. The molecule has 4 unspecified atom stereocenters. The van der Waals surface area contributed by atoms with Gasteiger partial charge in [-0.05, 0) is 44.6 Å². The van der Waals surface area contributed by atoms with E-state index in [2.05, 4.69) is 44.8 Å². The van der Waals surface area contributed by atoms with Gasteiger partial charge in [0, 0.05) is 25.2 Å². The molecule has 1 aliphatic rings. The fraction of sp³-hybridized carbons (Fsp3) is 1.00. The van der Waals surface area contributed by atoms with E-state index in [0.29, 0.717) is 12.1 Å². The lowest BCUT2D eigenvalue weighted by Gasteiger charge is -2.42. The van der Waals surface area contributed by atoms with E-state index in [1.54, 1.807) is 0 Å². The van der Waals surface area contributed by atoms with E-state index in [1.807, 2.05) is 0 Å². The van der Waals surface area contributed by atoms with Gasteiger partial charge in [0.2, 0.25) is 0 Å². The van der Waals surface area contributed by atoms with Gasteiger partial charge in [-0.1, -0.05) is 27.7 Å². The SMILES string of the molecule is CCCNC(CC)C(C)N1CC(C)CC(C)C1. The number of hydrogen-bond acceptors (Lipinski definition) is 2. The van der Waals surface area contributed by atoms with Crippen LogP contribution in [0.1, 0.15) is 53.9 Å². The van der Waals surface area contributed by atoms with E-state index < -0.39 is 0 Å². The van der Waals surface area contributed by atoms with Crippen molar-refractivity contribution in [1.29, 1.82) is 0 Å². The maximum absolute atomic E-state index is 3.70. The third-order valence-corrected chi connectivity index (χ3v) is 4.15. The van der Waals surface area contributed by atoms with Crippen LogP contribution in [0.25, 0.3) is 0 Å². The van der Waals surface area contributed by atoms with E-state index in [9.17, 15) is 0 Å². The molecule has 1 fully saturated rings. The molecule has 1 N–H and O–H groups in total. The molecule has 17 heavy (non-hydrogen) atoms. The summed E-state index contributed by atoms with van der Waals surface area (Å²) in [5.74, 6) is 1.73. The molecule has 1 heterocycles. The first-order chi connectivity index (χ1) is 8.08. The normalized spacial score (nSPS) is 30.2. The average molecular weight is 240 g/mol. The molecule has 0 aliphatic carbocycles. The molecule has 0 saturated carbocycles. The van der Waals surface area contributed by atoms with E-state index in [1.165, 1.54) is 32.4 Å². The van der Waals surface area contributed by atoms with Crippen molar-refractivity contribution in [2.24, 2.45) is 11.8 Å². The van der Waals surface area contributed by atoms with E-state index >= 15 is 0 Å². The van der Waals surface area contributed by atoms with Gasteiger partial charge in [-0.3, -0.25) is 4.90 Å². The summed E-state index contributed by atoms with van der Waals surface area (Å²) in [4.78, 5) is 2.70. The average Bonchev–Trinajstić information content (AvgIpc) is 2.28. The van der Waals surface area contributed by atoms with Gasteiger partial charge in [0.25, 0.3) is 0 Å². The predicted octanol–water partition coefficient (Wildman–Crippen LogP) is 3.13. The second-order valence-corrected chi connectivity index (χ2v) is 6.11. The summed E-state index contributed by atoms with van der Waals surface area (Å²) in [7, 11) is 0. The monoisotopic (exact) mass is 240 g/mol. The topological polar surface area (TPSA) is 15.3 Å². The van der Waals surface area contributed by atoms with Crippen LogP contribution in [0, 0.1) is 11.8 Å². The number of likely N-dealkylation sites (tertiary alicyclic amines) is 1. The van der Waals surface area contributed by atoms with Gasteiger partial charge in [0.1, 0.15) is 0 Å². The first-order valence-corrected chi connectivity index (χ1v) is 7.55. The van der Waals surface area contributed by atoms with Crippen molar-refractivity contribution < 1.29 is 0 Å².